The lowest BCUT2D eigenvalue weighted by atomic mass is 9.85. The number of alkyl halides is 1. The van der Waals surface area contributed by atoms with Gasteiger partial charge in [-0.15, -0.1) is 0 Å². The predicted molar refractivity (Wildman–Crippen MR) is 79.6 cm³/mol. The number of esters is 1. The molecule has 0 aromatic heterocycles. The second kappa shape index (κ2) is 6.37. The van der Waals surface area contributed by atoms with E-state index in [1.54, 1.807) is 13.0 Å². The van der Waals surface area contributed by atoms with Crippen LogP contribution in [0.15, 0.2) is 11.8 Å². The number of halogens is 1. The molecule has 0 radical (unpaired) electrons. The zero-order chi connectivity index (χ0) is 15.6. The number of carbonyl (C=O) groups is 1. The van der Waals surface area contributed by atoms with Crippen LogP contribution in [-0.2, 0) is 9.53 Å². The summed E-state index contributed by atoms with van der Waals surface area (Å²) in [4.78, 5) is 11.4. The number of aliphatic hydroxyl groups excluding tert-OH is 1. The number of aliphatic hydroxyl groups is 1. The Kier molecular flexibility index (Phi) is 4.95. The Morgan fingerprint density at radius 3 is 2.95 bits per heavy atom. The van der Waals surface area contributed by atoms with E-state index in [9.17, 15) is 14.3 Å². The number of ether oxygens (including phenoxy) is 1. The molecule has 3 nitrogen and oxygen atoms in total. The Bertz CT molecular complexity index is 416. The third kappa shape index (κ3) is 3.78. The molecule has 1 unspecified atom stereocenters. The topological polar surface area (TPSA) is 46.5 Å². The van der Waals surface area contributed by atoms with Crippen LogP contribution in [0, 0.1) is 17.8 Å². The number of fused-ring (bicyclic) bond motifs is 1. The van der Waals surface area contributed by atoms with Gasteiger partial charge in [-0.25, -0.2) is 4.39 Å². The maximum atomic E-state index is 14.3. The van der Waals surface area contributed by atoms with Gasteiger partial charge in [-0.2, -0.15) is 0 Å². The Morgan fingerprint density at radius 1 is 1.57 bits per heavy atom. The standard InChI is InChI=1S/C17H27FO3/c1-4-5-7-17(3,18)8-6-13(19)16-11(2)9-14-12(16)10-15(20)21-14/h6,11-12,14,16,19H,4-5,7-10H2,1-3H3/t11-,12+,14-,16+,17?/m1/s1. The molecule has 0 aromatic carbocycles. The lowest BCUT2D eigenvalue weighted by Crippen LogP contribution is -2.20. The summed E-state index contributed by atoms with van der Waals surface area (Å²) >= 11 is 0. The van der Waals surface area contributed by atoms with Gasteiger partial charge in [-0.3, -0.25) is 4.79 Å². The summed E-state index contributed by atoms with van der Waals surface area (Å²) in [6.07, 6.45) is 5.30. The molecule has 1 saturated heterocycles. The molecule has 5 atom stereocenters. The number of carbonyl (C=O) groups excluding carboxylic acids is 1. The zero-order valence-electron chi connectivity index (χ0n) is 13.3. The monoisotopic (exact) mass is 298 g/mol. The van der Waals surface area contributed by atoms with Gasteiger partial charge in [-0.05, 0) is 31.8 Å². The molecule has 0 bridgehead atoms. The third-order valence-electron chi connectivity index (χ3n) is 4.97. The molecule has 120 valence electrons. The predicted octanol–water partition coefficient (Wildman–Crippen LogP) is 4.32. The normalized spacial score (nSPS) is 35.4. The van der Waals surface area contributed by atoms with E-state index >= 15 is 0 Å². The van der Waals surface area contributed by atoms with Crippen LogP contribution in [0.1, 0.15) is 59.3 Å². The highest BCUT2D eigenvalue weighted by molar-refractivity contribution is 5.72. The van der Waals surface area contributed by atoms with Crippen molar-refractivity contribution in [2.24, 2.45) is 17.8 Å². The Balaban J connectivity index is 1.99. The van der Waals surface area contributed by atoms with Crippen LogP contribution in [0.4, 0.5) is 4.39 Å². The van der Waals surface area contributed by atoms with Gasteiger partial charge in [0.1, 0.15) is 11.8 Å². The van der Waals surface area contributed by atoms with Crippen LogP contribution < -0.4 is 0 Å². The van der Waals surface area contributed by atoms with E-state index in [1.807, 2.05) is 6.92 Å². The van der Waals surface area contributed by atoms with Gasteiger partial charge in [0.05, 0.1) is 12.2 Å². The van der Waals surface area contributed by atoms with Crippen LogP contribution in [0.2, 0.25) is 0 Å². The fourth-order valence-electron chi connectivity index (χ4n) is 3.76. The van der Waals surface area contributed by atoms with Gasteiger partial charge in [0, 0.05) is 18.3 Å². The Morgan fingerprint density at radius 2 is 2.29 bits per heavy atom. The first-order valence-corrected chi connectivity index (χ1v) is 8.11. The van der Waals surface area contributed by atoms with Crippen molar-refractivity contribution in [2.45, 2.75) is 71.1 Å². The molecule has 0 spiro atoms. The van der Waals surface area contributed by atoms with Gasteiger partial charge >= 0.3 is 5.97 Å². The molecule has 1 aliphatic carbocycles. The van der Waals surface area contributed by atoms with Crippen LogP contribution in [-0.4, -0.2) is 22.8 Å². The average Bonchev–Trinajstić information content (AvgIpc) is 2.88. The minimum atomic E-state index is -1.27. The summed E-state index contributed by atoms with van der Waals surface area (Å²) in [7, 11) is 0. The largest absolute Gasteiger partial charge is 0.512 e. The fourth-order valence-corrected chi connectivity index (χ4v) is 3.76. The number of rotatable bonds is 6. The zero-order valence-corrected chi connectivity index (χ0v) is 13.3. The number of allylic oxidation sites excluding steroid dienone is 2. The molecule has 1 N–H and O–H groups in total. The highest BCUT2D eigenvalue weighted by atomic mass is 19.1. The Hall–Kier alpha value is -1.06. The third-order valence-corrected chi connectivity index (χ3v) is 4.97. The first-order valence-electron chi connectivity index (χ1n) is 8.11. The van der Waals surface area contributed by atoms with E-state index in [2.05, 4.69) is 6.92 Å². The van der Waals surface area contributed by atoms with Gasteiger partial charge < -0.3 is 9.84 Å². The van der Waals surface area contributed by atoms with Crippen LogP contribution >= 0.6 is 0 Å². The number of hydrogen-bond acceptors (Lipinski definition) is 3. The second-order valence-electron chi connectivity index (χ2n) is 6.99. The first kappa shape index (κ1) is 16.3. The molecule has 1 saturated carbocycles. The first-order chi connectivity index (χ1) is 9.84. The molecule has 4 heteroatoms. The summed E-state index contributed by atoms with van der Waals surface area (Å²) < 4.78 is 19.6. The molecule has 2 rings (SSSR count). The second-order valence-corrected chi connectivity index (χ2v) is 6.99. The quantitative estimate of drug-likeness (QED) is 0.586. The van der Waals surface area contributed by atoms with E-state index in [0.29, 0.717) is 12.8 Å². The van der Waals surface area contributed by atoms with E-state index in [-0.39, 0.29) is 42.0 Å². The van der Waals surface area contributed by atoms with Crippen molar-refractivity contribution in [1.29, 1.82) is 0 Å². The highest BCUT2D eigenvalue weighted by Gasteiger charge is 2.49. The SMILES string of the molecule is CCCCC(C)(F)CC=C(O)[C@@H]1[C@H]2CC(=O)O[C@@H]2C[C@H]1C. The molecular formula is C17H27FO3. The summed E-state index contributed by atoms with van der Waals surface area (Å²) in [6, 6.07) is 0. The smallest absolute Gasteiger partial charge is 0.306 e. The molecule has 2 fully saturated rings. The maximum absolute atomic E-state index is 14.3. The maximum Gasteiger partial charge on any atom is 0.306 e. The number of unbranched alkanes of at least 4 members (excludes halogenated alkanes) is 1. The van der Waals surface area contributed by atoms with Crippen LogP contribution in [0.5, 0.6) is 0 Å². The Labute approximate surface area is 126 Å². The van der Waals surface area contributed by atoms with E-state index in [0.717, 1.165) is 19.3 Å². The molecule has 0 amide bonds. The average molecular weight is 298 g/mol. The van der Waals surface area contributed by atoms with Crippen molar-refractivity contribution >= 4 is 5.97 Å². The molecule has 1 heterocycles. The summed E-state index contributed by atoms with van der Waals surface area (Å²) in [5.41, 5.74) is -1.27. The minimum Gasteiger partial charge on any atom is -0.512 e. The van der Waals surface area contributed by atoms with Crippen molar-refractivity contribution in [1.82, 2.24) is 0 Å². The van der Waals surface area contributed by atoms with Crippen molar-refractivity contribution in [3.63, 3.8) is 0 Å². The van der Waals surface area contributed by atoms with Gasteiger partial charge in [0.2, 0.25) is 0 Å². The van der Waals surface area contributed by atoms with Gasteiger partial charge in [0.15, 0.2) is 0 Å². The molecule has 2 aliphatic rings. The molecule has 21 heavy (non-hydrogen) atoms. The summed E-state index contributed by atoms with van der Waals surface area (Å²) in [6.45, 7) is 5.70. The summed E-state index contributed by atoms with van der Waals surface area (Å²) in [5, 5.41) is 10.4. The fraction of sp³-hybridized carbons (Fsp3) is 0.824. The van der Waals surface area contributed by atoms with Crippen molar-refractivity contribution < 1.29 is 19.0 Å². The van der Waals surface area contributed by atoms with Crippen molar-refractivity contribution in [2.75, 3.05) is 0 Å². The van der Waals surface area contributed by atoms with Crippen LogP contribution in [0.3, 0.4) is 0 Å². The minimum absolute atomic E-state index is 0.0604. The van der Waals surface area contributed by atoms with E-state index in [4.69, 9.17) is 4.74 Å². The lowest BCUT2D eigenvalue weighted by molar-refractivity contribution is -0.141. The molecule has 1 aliphatic heterocycles. The van der Waals surface area contributed by atoms with E-state index in [1.165, 1.54) is 0 Å². The van der Waals surface area contributed by atoms with Gasteiger partial charge in [0.25, 0.3) is 0 Å². The highest BCUT2D eigenvalue weighted by Crippen LogP contribution is 2.47. The molecule has 0 aromatic rings. The summed E-state index contributed by atoms with van der Waals surface area (Å²) in [5.74, 6) is 0.334. The van der Waals surface area contributed by atoms with E-state index < -0.39 is 5.67 Å². The lowest BCUT2D eigenvalue weighted by Gasteiger charge is -2.22. The van der Waals surface area contributed by atoms with Gasteiger partial charge in [-0.1, -0.05) is 26.7 Å². The van der Waals surface area contributed by atoms with Crippen molar-refractivity contribution in [3.8, 4) is 0 Å². The van der Waals surface area contributed by atoms with Crippen LogP contribution in [0.25, 0.3) is 0 Å². The molecular weight excluding hydrogens is 271 g/mol. The van der Waals surface area contributed by atoms with Crippen molar-refractivity contribution in [3.05, 3.63) is 11.8 Å². The number of hydrogen-bond donors (Lipinski definition) is 1.